The Morgan fingerprint density at radius 1 is 1.36 bits per heavy atom. The second-order valence-corrected chi connectivity index (χ2v) is 6.75. The molecule has 1 amide bonds. The third-order valence-electron chi connectivity index (χ3n) is 4.62. The monoisotopic (exact) mass is 403 g/mol. The number of aromatic hydroxyl groups is 1. The van der Waals surface area contributed by atoms with Gasteiger partial charge in [-0.05, 0) is 17.8 Å². The van der Waals surface area contributed by atoms with Crippen molar-refractivity contribution in [2.24, 2.45) is 19.2 Å². The van der Waals surface area contributed by atoms with Crippen molar-refractivity contribution in [3.05, 3.63) is 60.6 Å². The minimum absolute atomic E-state index is 0.0576. The van der Waals surface area contributed by atoms with Crippen molar-refractivity contribution in [3.63, 3.8) is 0 Å². The van der Waals surface area contributed by atoms with Crippen LogP contribution in [0.15, 0.2) is 34.2 Å². The first-order chi connectivity index (χ1) is 13.1. The molecule has 1 aliphatic rings. The second kappa shape index (κ2) is 7.00. The van der Waals surface area contributed by atoms with Crippen LogP contribution in [-0.4, -0.2) is 35.8 Å². The maximum absolute atomic E-state index is 12.7. The van der Waals surface area contributed by atoms with Crippen molar-refractivity contribution in [1.82, 2.24) is 14.1 Å². The molecular weight excluding hydrogens is 386 g/mol. The highest BCUT2D eigenvalue weighted by atomic mass is 32.1. The SMILES string of the molecule is CC(=O)N1N=C(c2c(O)n(C)c(=S)n(C)c2=O)CC1c1cccc([N+](=O)[O-])c1. The molecule has 11 heteroatoms. The van der Waals surface area contributed by atoms with E-state index >= 15 is 0 Å². The number of aromatic nitrogens is 2. The van der Waals surface area contributed by atoms with E-state index < -0.39 is 22.4 Å². The Bertz CT molecular complexity index is 1150. The predicted octanol–water partition coefficient (Wildman–Crippen LogP) is 1.76. The van der Waals surface area contributed by atoms with E-state index in [1.807, 2.05) is 0 Å². The van der Waals surface area contributed by atoms with Crippen molar-refractivity contribution in [3.8, 4) is 5.88 Å². The summed E-state index contributed by atoms with van der Waals surface area (Å²) in [4.78, 5) is 35.3. The maximum Gasteiger partial charge on any atom is 0.269 e. The third kappa shape index (κ3) is 3.09. The van der Waals surface area contributed by atoms with Crippen molar-refractivity contribution in [2.75, 3.05) is 0 Å². The van der Waals surface area contributed by atoms with Gasteiger partial charge in [-0.1, -0.05) is 12.1 Å². The summed E-state index contributed by atoms with van der Waals surface area (Å²) in [6.07, 6.45) is 0.111. The fraction of sp³-hybridized carbons (Fsp3) is 0.294. The van der Waals surface area contributed by atoms with Gasteiger partial charge in [0.25, 0.3) is 11.2 Å². The summed E-state index contributed by atoms with van der Waals surface area (Å²) in [6.45, 7) is 1.31. The molecular formula is C17H17N5O5S. The smallest absolute Gasteiger partial charge is 0.269 e. The van der Waals surface area contributed by atoms with Gasteiger partial charge in [0.2, 0.25) is 11.8 Å². The highest BCUT2D eigenvalue weighted by Crippen LogP contribution is 2.34. The molecule has 1 aromatic heterocycles. The Labute approximate surface area is 164 Å². The van der Waals surface area contributed by atoms with Crippen LogP contribution >= 0.6 is 12.2 Å². The number of carbonyl (C=O) groups excluding carboxylic acids is 1. The van der Waals surface area contributed by atoms with E-state index in [9.17, 15) is 24.8 Å². The molecule has 28 heavy (non-hydrogen) atoms. The van der Waals surface area contributed by atoms with Gasteiger partial charge in [-0.25, -0.2) is 5.01 Å². The molecule has 1 aromatic carbocycles. The van der Waals surface area contributed by atoms with E-state index in [0.717, 1.165) is 5.01 Å². The molecule has 0 fully saturated rings. The van der Waals surface area contributed by atoms with E-state index in [2.05, 4.69) is 5.10 Å². The number of hydrogen-bond donors (Lipinski definition) is 1. The molecule has 146 valence electrons. The van der Waals surface area contributed by atoms with Gasteiger partial charge < -0.3 is 5.11 Å². The number of nitro groups is 1. The molecule has 0 spiro atoms. The van der Waals surface area contributed by atoms with Crippen LogP contribution in [0.2, 0.25) is 0 Å². The van der Waals surface area contributed by atoms with E-state index in [1.165, 1.54) is 48.4 Å². The Morgan fingerprint density at radius 3 is 2.64 bits per heavy atom. The van der Waals surface area contributed by atoms with Gasteiger partial charge in [-0.3, -0.25) is 28.8 Å². The molecule has 0 radical (unpaired) electrons. The summed E-state index contributed by atoms with van der Waals surface area (Å²) in [5.41, 5.74) is -0.00506. The van der Waals surface area contributed by atoms with Crippen LogP contribution in [-0.2, 0) is 18.9 Å². The van der Waals surface area contributed by atoms with Crippen molar-refractivity contribution in [2.45, 2.75) is 19.4 Å². The Balaban J connectivity index is 2.13. The van der Waals surface area contributed by atoms with E-state index in [-0.39, 0.29) is 34.0 Å². The van der Waals surface area contributed by atoms with Crippen LogP contribution in [0.4, 0.5) is 5.69 Å². The Kier molecular flexibility index (Phi) is 4.86. The highest BCUT2D eigenvalue weighted by Gasteiger charge is 2.35. The lowest BCUT2D eigenvalue weighted by Crippen LogP contribution is -2.28. The average Bonchev–Trinajstić information content (AvgIpc) is 3.10. The lowest BCUT2D eigenvalue weighted by atomic mass is 9.98. The van der Waals surface area contributed by atoms with Gasteiger partial charge in [0.1, 0.15) is 5.56 Å². The van der Waals surface area contributed by atoms with E-state index in [1.54, 1.807) is 6.07 Å². The quantitative estimate of drug-likeness (QED) is 0.473. The summed E-state index contributed by atoms with van der Waals surface area (Å²) < 4.78 is 2.60. The Morgan fingerprint density at radius 2 is 2.04 bits per heavy atom. The number of hydrazone groups is 1. The number of hydrogen-bond acceptors (Lipinski definition) is 7. The van der Waals surface area contributed by atoms with Crippen LogP contribution in [0.1, 0.15) is 30.5 Å². The molecule has 1 aliphatic heterocycles. The topological polar surface area (TPSA) is 123 Å². The average molecular weight is 403 g/mol. The largest absolute Gasteiger partial charge is 0.494 e. The number of non-ortho nitro benzene ring substituents is 1. The molecule has 1 atom stereocenters. The molecule has 0 bridgehead atoms. The lowest BCUT2D eigenvalue weighted by Gasteiger charge is -2.20. The Hall–Kier alpha value is -3.34. The maximum atomic E-state index is 12.7. The zero-order valence-electron chi connectivity index (χ0n) is 15.3. The van der Waals surface area contributed by atoms with Gasteiger partial charge in [-0.15, -0.1) is 0 Å². The summed E-state index contributed by atoms with van der Waals surface area (Å²) in [5, 5.41) is 26.9. The molecule has 2 heterocycles. The number of rotatable bonds is 3. The van der Waals surface area contributed by atoms with Crippen LogP contribution in [0.3, 0.4) is 0 Å². The fourth-order valence-corrected chi connectivity index (χ4v) is 3.31. The molecule has 1 N–H and O–H groups in total. The van der Waals surface area contributed by atoms with E-state index in [4.69, 9.17) is 12.2 Å². The number of carbonyl (C=O) groups is 1. The number of amides is 1. The second-order valence-electron chi connectivity index (χ2n) is 6.39. The molecule has 2 aromatic rings. The normalized spacial score (nSPS) is 16.2. The van der Waals surface area contributed by atoms with Gasteiger partial charge in [0.15, 0.2) is 4.77 Å². The summed E-state index contributed by atoms with van der Waals surface area (Å²) in [7, 11) is 2.99. The van der Waals surface area contributed by atoms with Gasteiger partial charge in [0.05, 0.1) is 16.7 Å². The first-order valence-electron chi connectivity index (χ1n) is 8.24. The standard InChI is InChI=1S/C17H17N5O5S/c1-9(23)21-13(10-5-4-6-11(7-10)22(26)27)8-12(18-21)14-15(24)19(2)17(28)20(3)16(14)25/h4-7,13,24H,8H2,1-3H3. The molecule has 0 aliphatic carbocycles. The van der Waals surface area contributed by atoms with Crippen LogP contribution < -0.4 is 5.56 Å². The van der Waals surface area contributed by atoms with Gasteiger partial charge in [0, 0.05) is 39.6 Å². The highest BCUT2D eigenvalue weighted by molar-refractivity contribution is 7.71. The minimum Gasteiger partial charge on any atom is -0.494 e. The number of nitrogens with zero attached hydrogens (tertiary/aromatic N) is 5. The van der Waals surface area contributed by atoms with Gasteiger partial charge >= 0.3 is 0 Å². The summed E-state index contributed by atoms with van der Waals surface area (Å²) in [5.74, 6) is -0.748. The van der Waals surface area contributed by atoms with Crippen molar-refractivity contribution in [1.29, 1.82) is 0 Å². The predicted molar refractivity (Wildman–Crippen MR) is 103 cm³/mol. The van der Waals surface area contributed by atoms with Crippen LogP contribution in [0.5, 0.6) is 5.88 Å². The first-order valence-corrected chi connectivity index (χ1v) is 8.65. The van der Waals surface area contributed by atoms with Crippen LogP contribution in [0, 0.1) is 14.9 Å². The van der Waals surface area contributed by atoms with Crippen molar-refractivity contribution >= 4 is 29.5 Å². The molecule has 0 saturated heterocycles. The third-order valence-corrected chi connectivity index (χ3v) is 5.17. The fourth-order valence-electron chi connectivity index (χ4n) is 3.14. The number of benzene rings is 1. The zero-order valence-corrected chi connectivity index (χ0v) is 16.1. The first kappa shape index (κ1) is 19.4. The summed E-state index contributed by atoms with van der Waals surface area (Å²) in [6, 6.07) is 5.25. The molecule has 3 rings (SSSR count). The molecule has 0 saturated carbocycles. The lowest BCUT2D eigenvalue weighted by molar-refractivity contribution is -0.384. The minimum atomic E-state index is -0.634. The molecule has 10 nitrogen and oxygen atoms in total. The van der Waals surface area contributed by atoms with Gasteiger partial charge in [-0.2, -0.15) is 5.10 Å². The van der Waals surface area contributed by atoms with E-state index in [0.29, 0.717) is 5.56 Å². The van der Waals surface area contributed by atoms with Crippen LogP contribution in [0.25, 0.3) is 0 Å². The molecule has 1 unspecified atom stereocenters. The van der Waals surface area contributed by atoms with Crippen molar-refractivity contribution < 1.29 is 14.8 Å². The number of nitro benzene ring substituents is 1. The summed E-state index contributed by atoms with van der Waals surface area (Å²) >= 11 is 5.10. The zero-order chi connectivity index (χ0) is 20.7.